The Balaban J connectivity index is 3.44. The van der Waals surface area contributed by atoms with Crippen LogP contribution in [0.3, 0.4) is 0 Å². The summed E-state index contributed by atoms with van der Waals surface area (Å²) < 4.78 is 120. The number of amides is 2. The van der Waals surface area contributed by atoms with Crippen molar-refractivity contribution in [2.75, 3.05) is 12.4 Å². The van der Waals surface area contributed by atoms with E-state index in [-0.39, 0.29) is 16.9 Å². The summed E-state index contributed by atoms with van der Waals surface area (Å²) in [7, 11) is 0.859. The van der Waals surface area contributed by atoms with Crippen molar-refractivity contribution in [2.24, 2.45) is 5.73 Å². The molecule has 0 unspecified atom stereocenters. The highest BCUT2D eigenvalue weighted by Crippen LogP contribution is 2.53. The Labute approximate surface area is 158 Å². The van der Waals surface area contributed by atoms with Crippen molar-refractivity contribution in [1.29, 1.82) is 0 Å². The molecule has 6 nitrogen and oxygen atoms in total. The summed E-state index contributed by atoms with van der Waals surface area (Å²) in [5, 5.41) is -0.121. The molecule has 29 heavy (non-hydrogen) atoms. The average Bonchev–Trinajstić information content (AvgIpc) is 2.88. The van der Waals surface area contributed by atoms with Crippen LogP contribution >= 0.6 is 11.3 Å². The number of methoxy groups -OCH3 is 1. The summed E-state index contributed by atoms with van der Waals surface area (Å²) in [6.07, 6.45) is -7.11. The van der Waals surface area contributed by atoms with Gasteiger partial charge in [0, 0.05) is 0 Å². The zero-order chi connectivity index (χ0) is 23.2. The second-order valence-electron chi connectivity index (χ2n) is 5.29. The fourth-order valence-electron chi connectivity index (χ4n) is 1.89. The topological polar surface area (TPSA) is 98.5 Å². The summed E-state index contributed by atoms with van der Waals surface area (Å²) in [5.41, 5.74) is 3.74. The summed E-state index contributed by atoms with van der Waals surface area (Å²) in [6.45, 7) is 1.02. The van der Waals surface area contributed by atoms with Gasteiger partial charge in [0.15, 0.2) is 0 Å². The van der Waals surface area contributed by atoms with Crippen LogP contribution in [0.5, 0.6) is 0 Å². The molecule has 0 spiro atoms. The summed E-state index contributed by atoms with van der Waals surface area (Å²) >= 11 is 0.0200. The molecule has 0 bridgehead atoms. The number of esters is 1. The van der Waals surface area contributed by atoms with E-state index >= 15 is 0 Å². The van der Waals surface area contributed by atoms with Crippen molar-refractivity contribution >= 4 is 34.1 Å². The molecule has 16 heteroatoms. The molecule has 0 saturated heterocycles. The van der Waals surface area contributed by atoms with E-state index < -0.39 is 57.2 Å². The average molecular weight is 460 g/mol. The zero-order valence-corrected chi connectivity index (χ0v) is 14.8. The first-order valence-electron chi connectivity index (χ1n) is 6.87. The molecule has 0 aromatic carbocycles. The number of rotatable bonds is 6. The molecule has 164 valence electrons. The quantitative estimate of drug-likeness (QED) is 0.503. The number of primary amides is 1. The Hall–Kier alpha value is -2.52. The van der Waals surface area contributed by atoms with Crippen LogP contribution in [0, 0.1) is 6.92 Å². The minimum atomic E-state index is -7.28. The van der Waals surface area contributed by atoms with Gasteiger partial charge in [-0.1, -0.05) is 0 Å². The third-order valence-electron chi connectivity index (χ3n) is 3.42. The first-order chi connectivity index (χ1) is 12.8. The number of ether oxygens (including phenoxy) is 1. The molecule has 1 aromatic heterocycles. The molecule has 0 saturated carbocycles. The normalized spacial score (nSPS) is 13.2. The molecular formula is C13H9F9N2O4S. The van der Waals surface area contributed by atoms with E-state index in [2.05, 4.69) is 4.74 Å². The van der Waals surface area contributed by atoms with E-state index in [4.69, 9.17) is 5.73 Å². The van der Waals surface area contributed by atoms with E-state index in [0.717, 1.165) is 19.4 Å². The lowest BCUT2D eigenvalue weighted by Gasteiger charge is -2.32. The van der Waals surface area contributed by atoms with Gasteiger partial charge in [0.25, 0.3) is 5.91 Å². The molecule has 0 aliphatic rings. The third-order valence-corrected chi connectivity index (χ3v) is 4.61. The first kappa shape index (κ1) is 24.5. The Bertz CT molecular complexity index is 848. The van der Waals surface area contributed by atoms with Gasteiger partial charge in [0.2, 0.25) is 0 Å². The minimum Gasteiger partial charge on any atom is -0.465 e. The van der Waals surface area contributed by atoms with Crippen molar-refractivity contribution in [3.63, 3.8) is 0 Å². The predicted molar refractivity (Wildman–Crippen MR) is 78.4 cm³/mol. The highest BCUT2D eigenvalue weighted by molar-refractivity contribution is 7.18. The number of halogens is 9. The molecule has 2 amide bonds. The lowest BCUT2D eigenvalue weighted by Crippen LogP contribution is -2.64. The highest BCUT2D eigenvalue weighted by atomic mass is 32.1. The molecule has 0 aliphatic heterocycles. The zero-order valence-electron chi connectivity index (χ0n) is 14.0. The number of thiophene rings is 1. The highest BCUT2D eigenvalue weighted by Gasteiger charge is 2.83. The van der Waals surface area contributed by atoms with Crippen molar-refractivity contribution in [3.05, 3.63) is 16.0 Å². The molecular weight excluding hydrogens is 451 g/mol. The van der Waals surface area contributed by atoms with Gasteiger partial charge in [0.05, 0.1) is 12.7 Å². The van der Waals surface area contributed by atoms with Crippen molar-refractivity contribution in [2.45, 2.75) is 30.9 Å². The van der Waals surface area contributed by atoms with E-state index in [0.29, 0.717) is 0 Å². The monoisotopic (exact) mass is 460 g/mol. The number of carbonyl (C=O) groups is 3. The fraction of sp³-hybridized carbons (Fsp3) is 0.462. The maximum Gasteiger partial charge on any atom is 0.460 e. The van der Waals surface area contributed by atoms with Crippen molar-refractivity contribution < 1.29 is 58.6 Å². The van der Waals surface area contributed by atoms with Gasteiger partial charge in [-0.05, 0) is 12.5 Å². The van der Waals surface area contributed by atoms with E-state index in [1.807, 2.05) is 0 Å². The van der Waals surface area contributed by atoms with Crippen LogP contribution in [0.4, 0.5) is 44.5 Å². The predicted octanol–water partition coefficient (Wildman–Crippen LogP) is 3.35. The van der Waals surface area contributed by atoms with Crippen LogP contribution in [-0.2, 0) is 9.53 Å². The van der Waals surface area contributed by atoms with Gasteiger partial charge in [0.1, 0.15) is 9.88 Å². The fourth-order valence-corrected chi connectivity index (χ4v) is 3.01. The van der Waals surface area contributed by atoms with Crippen molar-refractivity contribution in [3.8, 4) is 0 Å². The Kier molecular flexibility index (Phi) is 6.24. The SMILES string of the molecule is COC(=O)c1sc(NC(=O)C(F)(F)C(F)(F)C(F)(F)C(F)(F)F)c(C(N)=O)c1C. The molecule has 1 rings (SSSR count). The Morgan fingerprint density at radius 2 is 1.45 bits per heavy atom. The smallest absolute Gasteiger partial charge is 0.460 e. The number of hydrogen-bond donors (Lipinski definition) is 2. The number of nitrogens with two attached hydrogens (primary N) is 1. The van der Waals surface area contributed by atoms with Crippen LogP contribution in [0.25, 0.3) is 0 Å². The van der Waals surface area contributed by atoms with Crippen LogP contribution in [0.15, 0.2) is 0 Å². The van der Waals surface area contributed by atoms with Crippen molar-refractivity contribution in [1.82, 2.24) is 0 Å². The molecule has 1 heterocycles. The first-order valence-corrected chi connectivity index (χ1v) is 7.69. The van der Waals surface area contributed by atoms with Gasteiger partial charge in [-0.2, -0.15) is 39.5 Å². The maximum atomic E-state index is 13.6. The third kappa shape index (κ3) is 3.84. The largest absolute Gasteiger partial charge is 0.465 e. The molecule has 0 fully saturated rings. The second kappa shape index (κ2) is 7.38. The van der Waals surface area contributed by atoms with E-state index in [1.165, 1.54) is 0 Å². The summed E-state index contributed by atoms with van der Waals surface area (Å²) in [5.74, 6) is -27.0. The van der Waals surface area contributed by atoms with Gasteiger partial charge < -0.3 is 15.8 Å². The molecule has 0 aliphatic carbocycles. The van der Waals surface area contributed by atoms with Crippen LogP contribution in [-0.4, -0.2) is 48.8 Å². The van der Waals surface area contributed by atoms with E-state index in [9.17, 15) is 53.9 Å². The van der Waals surface area contributed by atoms with Crippen LogP contribution in [0.2, 0.25) is 0 Å². The van der Waals surface area contributed by atoms with Gasteiger partial charge >= 0.3 is 35.8 Å². The van der Waals surface area contributed by atoms with Gasteiger partial charge in [-0.25, -0.2) is 4.79 Å². The standard InChI is InChI=1S/C13H9F9N2O4S/c1-3-4(6(23)25)7(29-5(3)8(26)28-2)24-9(27)10(14,15)11(16,17)12(18,19)13(20,21)22/h1-2H3,(H2,23,25)(H,24,27). The van der Waals surface area contributed by atoms with Gasteiger partial charge in [-0.15, -0.1) is 11.3 Å². The Morgan fingerprint density at radius 1 is 0.966 bits per heavy atom. The number of hydrogen-bond acceptors (Lipinski definition) is 5. The number of nitrogens with one attached hydrogen (secondary N) is 1. The molecule has 3 N–H and O–H groups in total. The van der Waals surface area contributed by atoms with E-state index in [1.54, 1.807) is 0 Å². The van der Waals surface area contributed by atoms with Crippen LogP contribution in [0.1, 0.15) is 25.6 Å². The minimum absolute atomic E-state index is 0.0200. The van der Waals surface area contributed by atoms with Gasteiger partial charge in [-0.3, -0.25) is 9.59 Å². The number of alkyl halides is 9. The molecule has 0 atom stereocenters. The lowest BCUT2D eigenvalue weighted by atomic mass is 10.0. The molecule has 1 aromatic rings. The lowest BCUT2D eigenvalue weighted by molar-refractivity contribution is -0.388. The second-order valence-corrected chi connectivity index (χ2v) is 6.31. The molecule has 0 radical (unpaired) electrons. The number of anilines is 1. The van der Waals surface area contributed by atoms with Crippen LogP contribution < -0.4 is 11.1 Å². The summed E-state index contributed by atoms with van der Waals surface area (Å²) in [4.78, 5) is 33.9. The summed E-state index contributed by atoms with van der Waals surface area (Å²) in [6, 6.07) is 0. The Morgan fingerprint density at radius 3 is 1.83 bits per heavy atom. The number of carbonyl (C=O) groups excluding carboxylic acids is 3. The maximum absolute atomic E-state index is 13.6.